The van der Waals surface area contributed by atoms with Gasteiger partial charge in [0, 0.05) is 16.8 Å². The summed E-state index contributed by atoms with van der Waals surface area (Å²) in [5.74, 6) is 0.191. The molecular weight excluding hydrogens is 325 g/mol. The van der Waals surface area contributed by atoms with E-state index < -0.39 is 12.8 Å². The highest BCUT2D eigenvalue weighted by molar-refractivity contribution is 7.15. The molecule has 2 aromatic rings. The number of hydrogen-bond donors (Lipinski definition) is 1. The summed E-state index contributed by atoms with van der Waals surface area (Å²) in [5, 5.41) is 3.18. The van der Waals surface area contributed by atoms with Crippen molar-refractivity contribution in [2.45, 2.75) is 19.6 Å². The molecule has 1 N–H and O–H groups in total. The van der Waals surface area contributed by atoms with E-state index >= 15 is 0 Å². The number of thiazole rings is 1. The van der Waals surface area contributed by atoms with Gasteiger partial charge in [-0.15, -0.1) is 11.3 Å². The lowest BCUT2D eigenvalue weighted by Crippen LogP contribution is -2.19. The normalized spacial score (nSPS) is 11.5. The summed E-state index contributed by atoms with van der Waals surface area (Å²) in [6, 6.07) is 4.75. The molecule has 0 aliphatic carbocycles. The van der Waals surface area contributed by atoms with Crippen molar-refractivity contribution in [1.82, 2.24) is 4.98 Å². The van der Waals surface area contributed by atoms with Gasteiger partial charge in [0.25, 0.3) is 0 Å². The number of nitrogens with zero attached hydrogens (tertiary/aromatic N) is 1. The average Bonchev–Trinajstić information content (AvgIpc) is 2.80. The summed E-state index contributed by atoms with van der Waals surface area (Å²) in [5.41, 5.74) is 1.61. The molecule has 0 aliphatic rings. The fourth-order valence-corrected chi connectivity index (χ4v) is 2.55. The summed E-state index contributed by atoms with van der Waals surface area (Å²) in [6.45, 7) is 1.05. The number of ether oxygens (including phenoxy) is 1. The van der Waals surface area contributed by atoms with Crippen molar-refractivity contribution < 1.29 is 17.9 Å². The molecule has 0 saturated heterocycles. The lowest BCUT2D eigenvalue weighted by atomic mass is 10.2. The Morgan fingerprint density at radius 2 is 2.14 bits per heavy atom. The van der Waals surface area contributed by atoms with Gasteiger partial charge in [-0.3, -0.25) is 0 Å². The Labute approximate surface area is 128 Å². The molecule has 0 radical (unpaired) electrons. The fourth-order valence-electron chi connectivity index (χ4n) is 1.64. The summed E-state index contributed by atoms with van der Waals surface area (Å²) in [4.78, 5) is 4.90. The van der Waals surface area contributed by atoms with Crippen molar-refractivity contribution in [3.05, 3.63) is 39.3 Å². The molecular formula is C13H12ClF3N2OS. The van der Waals surface area contributed by atoms with Crippen molar-refractivity contribution in [2.24, 2.45) is 0 Å². The van der Waals surface area contributed by atoms with Gasteiger partial charge < -0.3 is 10.1 Å². The van der Waals surface area contributed by atoms with E-state index in [1.807, 2.05) is 0 Å². The first-order chi connectivity index (χ1) is 9.83. The van der Waals surface area contributed by atoms with Crippen LogP contribution in [0.4, 0.5) is 18.9 Å². The molecule has 0 atom stereocenters. The molecule has 0 unspecified atom stereocenters. The molecule has 1 aromatic heterocycles. The van der Waals surface area contributed by atoms with Crippen LogP contribution in [0.3, 0.4) is 0 Å². The quantitative estimate of drug-likeness (QED) is 0.862. The highest BCUT2D eigenvalue weighted by Crippen LogP contribution is 2.25. The number of aryl methyl sites for hydroxylation is 1. The molecule has 0 fully saturated rings. The van der Waals surface area contributed by atoms with Gasteiger partial charge in [0.1, 0.15) is 5.75 Å². The summed E-state index contributed by atoms with van der Waals surface area (Å²) < 4.78 is 41.4. The van der Waals surface area contributed by atoms with Crippen LogP contribution < -0.4 is 10.1 Å². The summed E-state index contributed by atoms with van der Waals surface area (Å²) in [6.07, 6.45) is -2.66. The maximum absolute atomic E-state index is 12.1. The van der Waals surface area contributed by atoms with Crippen LogP contribution in [0.5, 0.6) is 5.75 Å². The fraction of sp³-hybridized carbons (Fsp3) is 0.308. The first-order valence-electron chi connectivity index (χ1n) is 5.98. The number of anilines is 1. The van der Waals surface area contributed by atoms with E-state index in [9.17, 15) is 13.2 Å². The summed E-state index contributed by atoms with van der Waals surface area (Å²) in [7, 11) is 0. The number of nitrogens with one attached hydrogen (secondary N) is 1. The Balaban J connectivity index is 1.95. The molecule has 21 heavy (non-hydrogen) atoms. The molecule has 0 aliphatic heterocycles. The second-order valence-corrected chi connectivity index (χ2v) is 6.01. The van der Waals surface area contributed by atoms with Crippen LogP contribution >= 0.6 is 22.9 Å². The monoisotopic (exact) mass is 336 g/mol. The van der Waals surface area contributed by atoms with E-state index in [1.165, 1.54) is 17.4 Å². The largest absolute Gasteiger partial charge is 0.484 e. The van der Waals surface area contributed by atoms with E-state index in [2.05, 4.69) is 10.3 Å². The highest BCUT2D eigenvalue weighted by Gasteiger charge is 2.28. The minimum Gasteiger partial charge on any atom is -0.484 e. The molecule has 0 spiro atoms. The lowest BCUT2D eigenvalue weighted by molar-refractivity contribution is -0.153. The number of benzene rings is 1. The molecule has 1 heterocycles. The first kappa shape index (κ1) is 15.9. The zero-order chi connectivity index (χ0) is 15.5. The van der Waals surface area contributed by atoms with Crippen molar-refractivity contribution in [1.29, 1.82) is 0 Å². The van der Waals surface area contributed by atoms with Gasteiger partial charge in [-0.05, 0) is 30.7 Å². The third-order valence-corrected chi connectivity index (χ3v) is 3.69. The number of aromatic nitrogens is 1. The third kappa shape index (κ3) is 5.09. The van der Waals surface area contributed by atoms with Crippen molar-refractivity contribution in [3.8, 4) is 5.75 Å². The number of hydrogen-bond acceptors (Lipinski definition) is 4. The topological polar surface area (TPSA) is 34.1 Å². The van der Waals surface area contributed by atoms with Crippen LogP contribution in [0.2, 0.25) is 4.47 Å². The first-order valence-corrected chi connectivity index (χ1v) is 7.17. The smallest absolute Gasteiger partial charge is 0.422 e. The Morgan fingerprint density at radius 3 is 2.71 bits per heavy atom. The van der Waals surface area contributed by atoms with Crippen LogP contribution in [-0.2, 0) is 6.54 Å². The average molecular weight is 337 g/mol. The number of alkyl halides is 3. The number of rotatable bonds is 5. The van der Waals surface area contributed by atoms with Gasteiger partial charge >= 0.3 is 6.18 Å². The number of halogens is 4. The Kier molecular flexibility index (Phi) is 4.95. The van der Waals surface area contributed by atoms with Crippen LogP contribution in [-0.4, -0.2) is 17.8 Å². The van der Waals surface area contributed by atoms with E-state index in [4.69, 9.17) is 16.3 Å². The highest BCUT2D eigenvalue weighted by atomic mass is 35.5. The van der Waals surface area contributed by atoms with Gasteiger partial charge in [-0.25, -0.2) is 4.98 Å². The van der Waals surface area contributed by atoms with E-state index in [1.54, 1.807) is 25.3 Å². The Hall–Kier alpha value is -1.47. The van der Waals surface area contributed by atoms with Gasteiger partial charge in [0.2, 0.25) is 0 Å². The minimum absolute atomic E-state index is 0.191. The molecule has 0 bridgehead atoms. The zero-order valence-corrected chi connectivity index (χ0v) is 12.6. The molecule has 8 heteroatoms. The summed E-state index contributed by atoms with van der Waals surface area (Å²) >= 11 is 7.11. The second kappa shape index (κ2) is 6.53. The molecule has 2 rings (SSSR count). The van der Waals surface area contributed by atoms with E-state index in [0.29, 0.717) is 11.0 Å². The molecule has 0 saturated carbocycles. The van der Waals surface area contributed by atoms with E-state index in [0.717, 1.165) is 16.1 Å². The second-order valence-electron chi connectivity index (χ2n) is 4.31. The Morgan fingerprint density at radius 1 is 1.38 bits per heavy atom. The van der Waals surface area contributed by atoms with Crippen LogP contribution in [0, 0.1) is 6.92 Å². The van der Waals surface area contributed by atoms with Crippen molar-refractivity contribution >= 4 is 28.6 Å². The standard InChI is InChI=1S/C13H12ClF3N2OS/c1-8-4-9(20-7-13(15,16)17)2-3-11(8)18-5-10-6-19-12(14)21-10/h2-4,6,18H,5,7H2,1H3. The van der Waals surface area contributed by atoms with Crippen LogP contribution in [0.1, 0.15) is 10.4 Å². The SMILES string of the molecule is Cc1cc(OCC(F)(F)F)ccc1NCc1cnc(Cl)s1. The van der Waals surface area contributed by atoms with Crippen LogP contribution in [0.25, 0.3) is 0 Å². The molecule has 0 amide bonds. The van der Waals surface area contributed by atoms with E-state index in [-0.39, 0.29) is 5.75 Å². The molecule has 114 valence electrons. The van der Waals surface area contributed by atoms with Gasteiger partial charge in [0.15, 0.2) is 11.1 Å². The molecule has 1 aromatic carbocycles. The van der Waals surface area contributed by atoms with Gasteiger partial charge in [-0.2, -0.15) is 13.2 Å². The lowest BCUT2D eigenvalue weighted by Gasteiger charge is -2.12. The maximum atomic E-state index is 12.1. The van der Waals surface area contributed by atoms with Gasteiger partial charge in [0.05, 0.1) is 6.54 Å². The Bertz CT molecular complexity index is 616. The minimum atomic E-state index is -4.34. The zero-order valence-electron chi connectivity index (χ0n) is 11.0. The van der Waals surface area contributed by atoms with Crippen molar-refractivity contribution in [2.75, 3.05) is 11.9 Å². The van der Waals surface area contributed by atoms with Crippen molar-refractivity contribution in [3.63, 3.8) is 0 Å². The molecule has 3 nitrogen and oxygen atoms in total. The third-order valence-electron chi connectivity index (χ3n) is 2.58. The maximum Gasteiger partial charge on any atom is 0.422 e. The van der Waals surface area contributed by atoms with Gasteiger partial charge in [-0.1, -0.05) is 11.6 Å². The predicted molar refractivity (Wildman–Crippen MR) is 77.2 cm³/mol. The predicted octanol–water partition coefficient (Wildman–Crippen LogP) is 4.66. The van der Waals surface area contributed by atoms with Crippen LogP contribution in [0.15, 0.2) is 24.4 Å².